The van der Waals surface area contributed by atoms with Gasteiger partial charge < -0.3 is 14.6 Å². The number of nitrogens with one attached hydrogen (secondary N) is 1. The quantitative estimate of drug-likeness (QED) is 0.780. The molecule has 1 N–H and O–H groups in total. The number of hydrogen-bond donors (Lipinski definition) is 1. The Kier molecular flexibility index (Phi) is 4.01. The van der Waals surface area contributed by atoms with Crippen molar-refractivity contribution in [2.75, 3.05) is 11.9 Å². The first kappa shape index (κ1) is 15.8. The maximum atomic E-state index is 12.5. The molecule has 1 fully saturated rings. The van der Waals surface area contributed by atoms with Gasteiger partial charge in [0.2, 0.25) is 11.8 Å². The molecule has 2 aromatic heterocycles. The van der Waals surface area contributed by atoms with E-state index in [4.69, 9.17) is 4.42 Å². The van der Waals surface area contributed by atoms with E-state index >= 15 is 0 Å². The first-order valence-corrected chi connectivity index (χ1v) is 8.88. The molecule has 0 bridgehead atoms. The van der Waals surface area contributed by atoms with Crippen molar-refractivity contribution >= 4 is 38.5 Å². The summed E-state index contributed by atoms with van der Waals surface area (Å²) >= 11 is 1.45. The lowest BCUT2D eigenvalue weighted by Crippen LogP contribution is -2.27. The van der Waals surface area contributed by atoms with E-state index in [-0.39, 0.29) is 24.2 Å². The van der Waals surface area contributed by atoms with Gasteiger partial charge in [0.05, 0.1) is 28.9 Å². The van der Waals surface area contributed by atoms with Crippen LogP contribution in [0.15, 0.2) is 41.0 Å². The van der Waals surface area contributed by atoms with E-state index in [0.29, 0.717) is 18.2 Å². The van der Waals surface area contributed by atoms with Crippen LogP contribution in [0.5, 0.6) is 0 Å². The average Bonchev–Trinajstić information content (AvgIpc) is 3.28. The molecule has 2 amide bonds. The van der Waals surface area contributed by atoms with Crippen LogP contribution in [0.1, 0.15) is 17.7 Å². The second-order valence-corrected chi connectivity index (χ2v) is 7.26. The lowest BCUT2D eigenvalue weighted by atomic mass is 10.1. The number of carbonyl (C=O) groups excluding carboxylic acids is 2. The van der Waals surface area contributed by atoms with Crippen molar-refractivity contribution in [3.8, 4) is 0 Å². The van der Waals surface area contributed by atoms with E-state index in [1.54, 1.807) is 17.2 Å². The second-order valence-electron chi connectivity index (χ2n) is 6.23. The summed E-state index contributed by atoms with van der Waals surface area (Å²) in [5, 5.41) is 3.43. The highest BCUT2D eigenvalue weighted by Crippen LogP contribution is 2.28. The molecule has 0 aliphatic carbocycles. The van der Waals surface area contributed by atoms with Crippen LogP contribution in [-0.2, 0) is 16.1 Å². The van der Waals surface area contributed by atoms with E-state index < -0.39 is 0 Å². The van der Waals surface area contributed by atoms with Crippen LogP contribution in [0.4, 0.5) is 5.13 Å². The highest BCUT2D eigenvalue weighted by atomic mass is 32.1. The van der Waals surface area contributed by atoms with Crippen molar-refractivity contribution in [2.24, 2.45) is 5.92 Å². The number of nitrogens with zero attached hydrogens (tertiary/aromatic N) is 2. The molecule has 3 heterocycles. The molecule has 128 valence electrons. The fraction of sp³-hybridized carbons (Fsp3) is 0.278. The van der Waals surface area contributed by atoms with Gasteiger partial charge in [-0.05, 0) is 36.8 Å². The number of hydrogen-bond acceptors (Lipinski definition) is 5. The Morgan fingerprint density at radius 2 is 2.32 bits per heavy atom. The van der Waals surface area contributed by atoms with Crippen LogP contribution in [-0.4, -0.2) is 28.2 Å². The van der Waals surface area contributed by atoms with E-state index in [1.807, 2.05) is 31.2 Å². The van der Waals surface area contributed by atoms with Crippen LogP contribution in [0.25, 0.3) is 10.2 Å². The number of furan rings is 1. The van der Waals surface area contributed by atoms with E-state index in [2.05, 4.69) is 10.3 Å². The highest BCUT2D eigenvalue weighted by Gasteiger charge is 2.35. The molecule has 1 aromatic carbocycles. The third kappa shape index (κ3) is 3.28. The Morgan fingerprint density at radius 1 is 1.44 bits per heavy atom. The zero-order valence-corrected chi connectivity index (χ0v) is 14.5. The van der Waals surface area contributed by atoms with Crippen molar-refractivity contribution in [1.82, 2.24) is 9.88 Å². The number of benzene rings is 1. The Morgan fingerprint density at radius 3 is 3.12 bits per heavy atom. The van der Waals surface area contributed by atoms with Gasteiger partial charge in [0.25, 0.3) is 0 Å². The zero-order chi connectivity index (χ0) is 17.4. The molecule has 0 spiro atoms. The van der Waals surface area contributed by atoms with Gasteiger partial charge in [-0.25, -0.2) is 4.98 Å². The summed E-state index contributed by atoms with van der Waals surface area (Å²) in [5.41, 5.74) is 2.02. The highest BCUT2D eigenvalue weighted by molar-refractivity contribution is 7.22. The number of fused-ring (bicyclic) bond motifs is 1. The first-order valence-electron chi connectivity index (χ1n) is 8.07. The van der Waals surface area contributed by atoms with Gasteiger partial charge in [-0.2, -0.15) is 0 Å². The van der Waals surface area contributed by atoms with E-state index in [0.717, 1.165) is 21.5 Å². The molecule has 6 nitrogen and oxygen atoms in total. The molecule has 0 radical (unpaired) electrons. The van der Waals surface area contributed by atoms with Gasteiger partial charge in [0.1, 0.15) is 5.76 Å². The molecular formula is C18H17N3O3S. The van der Waals surface area contributed by atoms with Gasteiger partial charge in [-0.15, -0.1) is 0 Å². The summed E-state index contributed by atoms with van der Waals surface area (Å²) < 4.78 is 6.31. The summed E-state index contributed by atoms with van der Waals surface area (Å²) in [5.74, 6) is 0.162. The number of thiazole rings is 1. The van der Waals surface area contributed by atoms with Crippen molar-refractivity contribution in [2.45, 2.75) is 19.9 Å². The number of rotatable bonds is 4. The summed E-state index contributed by atoms with van der Waals surface area (Å²) in [6.45, 7) is 2.82. The Bertz CT molecular complexity index is 932. The maximum absolute atomic E-state index is 12.5. The number of carbonyl (C=O) groups is 2. The molecule has 1 atom stereocenters. The van der Waals surface area contributed by atoms with Crippen LogP contribution in [0.2, 0.25) is 0 Å². The van der Waals surface area contributed by atoms with Gasteiger partial charge >= 0.3 is 0 Å². The number of amides is 2. The average molecular weight is 355 g/mol. The topological polar surface area (TPSA) is 75.4 Å². The third-order valence-electron chi connectivity index (χ3n) is 4.29. The van der Waals surface area contributed by atoms with Crippen molar-refractivity contribution in [3.63, 3.8) is 0 Å². The lowest BCUT2D eigenvalue weighted by molar-refractivity contribution is -0.128. The second kappa shape index (κ2) is 6.33. The monoisotopic (exact) mass is 355 g/mol. The summed E-state index contributed by atoms with van der Waals surface area (Å²) in [4.78, 5) is 30.7. The lowest BCUT2D eigenvalue weighted by Gasteiger charge is -2.14. The smallest absolute Gasteiger partial charge is 0.231 e. The Balaban J connectivity index is 1.43. The number of aryl methyl sites for hydroxylation is 1. The molecule has 1 saturated heterocycles. The van der Waals surface area contributed by atoms with Crippen molar-refractivity contribution in [1.29, 1.82) is 0 Å². The molecule has 25 heavy (non-hydrogen) atoms. The third-order valence-corrected chi connectivity index (χ3v) is 5.22. The first-order chi connectivity index (χ1) is 12.1. The normalized spacial score (nSPS) is 17.4. The maximum Gasteiger partial charge on any atom is 0.231 e. The SMILES string of the molecule is Cc1ccc2nc(NC(=O)[C@@H]3CC(=O)N(Cc4ccco4)C3)sc2c1. The largest absolute Gasteiger partial charge is 0.467 e. The number of likely N-dealkylation sites (tertiary alicyclic amines) is 1. The molecule has 0 unspecified atom stereocenters. The fourth-order valence-corrected chi connectivity index (χ4v) is 3.95. The van der Waals surface area contributed by atoms with Crippen LogP contribution in [0, 0.1) is 12.8 Å². The van der Waals surface area contributed by atoms with Gasteiger partial charge in [0, 0.05) is 13.0 Å². The predicted molar refractivity (Wildman–Crippen MR) is 95.2 cm³/mol. The number of aromatic nitrogens is 1. The zero-order valence-electron chi connectivity index (χ0n) is 13.7. The molecule has 1 aliphatic heterocycles. The van der Waals surface area contributed by atoms with Crippen molar-refractivity contribution < 1.29 is 14.0 Å². The Labute approximate surface area is 148 Å². The minimum Gasteiger partial charge on any atom is -0.467 e. The molecular weight excluding hydrogens is 338 g/mol. The van der Waals surface area contributed by atoms with Gasteiger partial charge in [-0.3, -0.25) is 9.59 Å². The van der Waals surface area contributed by atoms with Crippen LogP contribution >= 0.6 is 11.3 Å². The van der Waals surface area contributed by atoms with E-state index in [9.17, 15) is 9.59 Å². The minimum absolute atomic E-state index is 0.0310. The van der Waals surface area contributed by atoms with E-state index in [1.165, 1.54) is 11.3 Å². The molecule has 1 aliphatic rings. The molecule has 0 saturated carbocycles. The Hall–Kier alpha value is -2.67. The fourth-order valence-electron chi connectivity index (χ4n) is 2.98. The molecule has 4 rings (SSSR count). The summed E-state index contributed by atoms with van der Waals surface area (Å²) in [7, 11) is 0. The molecule has 3 aromatic rings. The minimum atomic E-state index is -0.365. The van der Waals surface area contributed by atoms with Crippen molar-refractivity contribution in [3.05, 3.63) is 47.9 Å². The summed E-state index contributed by atoms with van der Waals surface area (Å²) in [6.07, 6.45) is 1.80. The molecule has 7 heteroatoms. The standard InChI is InChI=1S/C18H17N3O3S/c1-11-4-5-14-15(7-11)25-18(19-14)20-17(23)12-8-16(22)21(9-12)10-13-3-2-6-24-13/h2-7,12H,8-10H2,1H3,(H,19,20,23)/t12-/m1/s1. The predicted octanol–water partition coefficient (Wildman–Crippen LogP) is 3.18. The van der Waals surface area contributed by atoms with Crippen LogP contribution in [0.3, 0.4) is 0 Å². The van der Waals surface area contributed by atoms with Gasteiger partial charge in [-0.1, -0.05) is 17.4 Å². The summed E-state index contributed by atoms with van der Waals surface area (Å²) in [6, 6.07) is 9.60. The van der Waals surface area contributed by atoms with Crippen LogP contribution < -0.4 is 5.32 Å². The van der Waals surface area contributed by atoms with Gasteiger partial charge in [0.15, 0.2) is 5.13 Å². The number of anilines is 1.